The Morgan fingerprint density at radius 2 is 1.38 bits per heavy atom. The molecule has 0 unspecified atom stereocenters. The van der Waals surface area contributed by atoms with Crippen LogP contribution in [0.15, 0.2) is 25.3 Å². The lowest BCUT2D eigenvalue weighted by atomic mass is 10.4. The second kappa shape index (κ2) is 7.39. The first-order valence-electron chi connectivity index (χ1n) is 3.92. The van der Waals surface area contributed by atoms with Gasteiger partial charge in [0.2, 0.25) is 0 Å². The molecule has 0 spiro atoms. The van der Waals surface area contributed by atoms with Crippen LogP contribution < -0.4 is 10.6 Å². The Morgan fingerprint density at radius 1 is 1.00 bits per heavy atom. The maximum absolute atomic E-state index is 10.7. The van der Waals surface area contributed by atoms with E-state index in [9.17, 15) is 9.59 Å². The number of nitrogens with one attached hydrogen (secondary N) is 2. The standard InChI is InChI=1S/C9H14N2O2/c1-3-8(12)5-10-7-11-6-9(13)4-2/h3-4,10-11H,1-2,5-7H2. The van der Waals surface area contributed by atoms with E-state index in [2.05, 4.69) is 23.8 Å². The van der Waals surface area contributed by atoms with Crippen molar-refractivity contribution in [2.45, 2.75) is 0 Å². The van der Waals surface area contributed by atoms with Crippen LogP contribution >= 0.6 is 0 Å². The van der Waals surface area contributed by atoms with Gasteiger partial charge in [-0.2, -0.15) is 0 Å². The van der Waals surface area contributed by atoms with Gasteiger partial charge in [0.1, 0.15) is 0 Å². The predicted octanol–water partition coefficient (Wildman–Crippen LogP) is -0.367. The normalized spacial score (nSPS) is 9.23. The van der Waals surface area contributed by atoms with Gasteiger partial charge in [0, 0.05) is 6.67 Å². The summed E-state index contributed by atoms with van der Waals surface area (Å²) in [6.07, 6.45) is 2.50. The van der Waals surface area contributed by atoms with Crippen LogP contribution in [0, 0.1) is 0 Å². The third-order valence-corrected chi connectivity index (χ3v) is 1.30. The number of ketones is 2. The second-order valence-electron chi connectivity index (χ2n) is 2.37. The third-order valence-electron chi connectivity index (χ3n) is 1.30. The van der Waals surface area contributed by atoms with Gasteiger partial charge in [-0.15, -0.1) is 0 Å². The van der Waals surface area contributed by atoms with Gasteiger partial charge in [-0.1, -0.05) is 13.2 Å². The Balaban J connectivity index is 3.26. The van der Waals surface area contributed by atoms with Crippen molar-refractivity contribution in [3.63, 3.8) is 0 Å². The molecule has 0 aliphatic heterocycles. The highest BCUT2D eigenvalue weighted by atomic mass is 16.1. The van der Waals surface area contributed by atoms with E-state index >= 15 is 0 Å². The van der Waals surface area contributed by atoms with E-state index in [0.717, 1.165) is 0 Å². The molecule has 72 valence electrons. The van der Waals surface area contributed by atoms with E-state index in [-0.39, 0.29) is 24.7 Å². The second-order valence-corrected chi connectivity index (χ2v) is 2.37. The lowest BCUT2D eigenvalue weighted by Crippen LogP contribution is -2.34. The molecule has 13 heavy (non-hydrogen) atoms. The minimum atomic E-state index is -0.0724. The molecule has 0 heterocycles. The van der Waals surface area contributed by atoms with Crippen molar-refractivity contribution in [1.82, 2.24) is 10.6 Å². The number of carbonyl (C=O) groups excluding carboxylic acids is 2. The van der Waals surface area contributed by atoms with Gasteiger partial charge in [0.15, 0.2) is 11.6 Å². The highest BCUT2D eigenvalue weighted by Gasteiger charge is 1.95. The van der Waals surface area contributed by atoms with Crippen molar-refractivity contribution in [2.24, 2.45) is 0 Å². The summed E-state index contributed by atoms with van der Waals surface area (Å²) in [6.45, 7) is 7.53. The first kappa shape index (κ1) is 11.7. The van der Waals surface area contributed by atoms with Crippen molar-refractivity contribution in [1.29, 1.82) is 0 Å². The SMILES string of the molecule is C=CC(=O)CNCNCC(=O)C=C. The number of carbonyl (C=O) groups is 2. The van der Waals surface area contributed by atoms with Crippen molar-refractivity contribution in [3.05, 3.63) is 25.3 Å². The first-order valence-corrected chi connectivity index (χ1v) is 3.92. The molecular weight excluding hydrogens is 168 g/mol. The summed E-state index contributed by atoms with van der Waals surface area (Å²) < 4.78 is 0. The fraction of sp³-hybridized carbons (Fsp3) is 0.333. The predicted molar refractivity (Wildman–Crippen MR) is 51.3 cm³/mol. The van der Waals surface area contributed by atoms with E-state index in [4.69, 9.17) is 0 Å². The summed E-state index contributed by atoms with van der Waals surface area (Å²) in [5.74, 6) is -0.145. The topological polar surface area (TPSA) is 58.2 Å². The fourth-order valence-electron chi connectivity index (χ4n) is 0.604. The fourth-order valence-corrected chi connectivity index (χ4v) is 0.604. The highest BCUT2D eigenvalue weighted by Crippen LogP contribution is 1.70. The maximum atomic E-state index is 10.7. The number of hydrogen-bond acceptors (Lipinski definition) is 4. The molecule has 0 bridgehead atoms. The molecule has 2 N–H and O–H groups in total. The van der Waals surface area contributed by atoms with Crippen LogP contribution in [0.3, 0.4) is 0 Å². The van der Waals surface area contributed by atoms with Crippen LogP contribution in [0.2, 0.25) is 0 Å². The molecule has 0 aromatic rings. The van der Waals surface area contributed by atoms with Crippen molar-refractivity contribution < 1.29 is 9.59 Å². The van der Waals surface area contributed by atoms with Crippen LogP contribution in [0.1, 0.15) is 0 Å². The molecule has 4 nitrogen and oxygen atoms in total. The lowest BCUT2D eigenvalue weighted by molar-refractivity contribution is -0.114. The van der Waals surface area contributed by atoms with E-state index in [1.54, 1.807) is 0 Å². The lowest BCUT2D eigenvalue weighted by Gasteiger charge is -2.02. The van der Waals surface area contributed by atoms with Crippen molar-refractivity contribution >= 4 is 11.6 Å². The maximum Gasteiger partial charge on any atom is 0.168 e. The average molecular weight is 182 g/mol. The molecule has 0 atom stereocenters. The molecule has 0 aliphatic carbocycles. The minimum Gasteiger partial charge on any atom is -0.297 e. The first-order chi connectivity index (χ1) is 6.20. The Kier molecular flexibility index (Phi) is 6.68. The van der Waals surface area contributed by atoms with E-state index in [0.29, 0.717) is 6.67 Å². The van der Waals surface area contributed by atoms with Crippen LogP contribution in [0.5, 0.6) is 0 Å². The molecule has 0 radical (unpaired) electrons. The number of hydrogen-bond donors (Lipinski definition) is 2. The van der Waals surface area contributed by atoms with Gasteiger partial charge in [-0.25, -0.2) is 0 Å². The zero-order chi connectivity index (χ0) is 10.1. The van der Waals surface area contributed by atoms with Crippen molar-refractivity contribution in [3.8, 4) is 0 Å². The van der Waals surface area contributed by atoms with Gasteiger partial charge in [-0.3, -0.25) is 20.2 Å². The molecular formula is C9H14N2O2. The summed E-state index contributed by atoms with van der Waals surface area (Å²) in [6, 6.07) is 0. The molecule has 0 amide bonds. The average Bonchev–Trinajstić information content (AvgIpc) is 2.16. The van der Waals surface area contributed by atoms with Crippen LogP contribution in [0.25, 0.3) is 0 Å². The van der Waals surface area contributed by atoms with Crippen LogP contribution in [-0.2, 0) is 9.59 Å². The van der Waals surface area contributed by atoms with Gasteiger partial charge < -0.3 is 0 Å². The Hall–Kier alpha value is -1.26. The summed E-state index contributed by atoms with van der Waals surface area (Å²) in [4.78, 5) is 21.3. The van der Waals surface area contributed by atoms with Crippen LogP contribution in [0.4, 0.5) is 0 Å². The van der Waals surface area contributed by atoms with E-state index in [1.807, 2.05) is 0 Å². The third kappa shape index (κ3) is 7.11. The van der Waals surface area contributed by atoms with Gasteiger partial charge in [0.25, 0.3) is 0 Å². The van der Waals surface area contributed by atoms with Gasteiger partial charge in [-0.05, 0) is 12.2 Å². The van der Waals surface area contributed by atoms with E-state index in [1.165, 1.54) is 12.2 Å². The monoisotopic (exact) mass is 182 g/mol. The molecule has 4 heteroatoms. The zero-order valence-corrected chi connectivity index (χ0v) is 7.51. The molecule has 0 saturated heterocycles. The molecule has 0 rings (SSSR count). The summed E-state index contributed by atoms with van der Waals surface area (Å²) in [7, 11) is 0. The highest BCUT2D eigenvalue weighted by molar-refractivity contribution is 5.91. The van der Waals surface area contributed by atoms with Gasteiger partial charge in [0.05, 0.1) is 13.1 Å². The Labute approximate surface area is 77.7 Å². The van der Waals surface area contributed by atoms with Crippen molar-refractivity contribution in [2.75, 3.05) is 19.8 Å². The quantitative estimate of drug-likeness (QED) is 0.305. The van der Waals surface area contributed by atoms with E-state index < -0.39 is 0 Å². The van der Waals surface area contributed by atoms with Crippen LogP contribution in [-0.4, -0.2) is 31.3 Å². The summed E-state index contributed by atoms with van der Waals surface area (Å²) in [5.41, 5.74) is 0. The molecule has 0 aliphatic rings. The largest absolute Gasteiger partial charge is 0.297 e. The Morgan fingerprint density at radius 3 is 1.69 bits per heavy atom. The smallest absolute Gasteiger partial charge is 0.168 e. The number of rotatable bonds is 8. The summed E-state index contributed by atoms with van der Waals surface area (Å²) >= 11 is 0. The molecule has 0 saturated carbocycles. The minimum absolute atomic E-state index is 0.0724. The summed E-state index contributed by atoms with van der Waals surface area (Å²) in [5, 5.41) is 5.59. The molecule has 0 fully saturated rings. The molecule has 0 aromatic heterocycles. The van der Waals surface area contributed by atoms with Gasteiger partial charge >= 0.3 is 0 Å². The zero-order valence-electron chi connectivity index (χ0n) is 7.51. The molecule has 0 aromatic carbocycles. The Bertz CT molecular complexity index is 190.